The molecule has 0 unspecified atom stereocenters. The van der Waals surface area contributed by atoms with Gasteiger partial charge in [0.15, 0.2) is 0 Å². The fourth-order valence-electron chi connectivity index (χ4n) is 2.19. The second kappa shape index (κ2) is 5.05. The number of amides is 1. The number of fused-ring (bicyclic) bond motifs is 1. The van der Waals surface area contributed by atoms with Crippen molar-refractivity contribution in [3.05, 3.63) is 36.0 Å². The molecular weight excluding hydrogens is 238 g/mol. The minimum Gasteiger partial charge on any atom is -0.361 e. The van der Waals surface area contributed by atoms with Gasteiger partial charge >= 0.3 is 0 Å². The molecule has 0 fully saturated rings. The molecule has 3 N–H and O–H groups in total. The average Bonchev–Trinajstić information content (AvgIpc) is 2.81. The quantitative estimate of drug-likeness (QED) is 0.883. The van der Waals surface area contributed by atoms with Gasteiger partial charge in [-0.25, -0.2) is 0 Å². The molecule has 4 heteroatoms. The summed E-state index contributed by atoms with van der Waals surface area (Å²) in [5.74, 6) is 0.0697. The van der Waals surface area contributed by atoms with Crippen LogP contribution in [0.5, 0.6) is 0 Å². The van der Waals surface area contributed by atoms with E-state index in [1.54, 1.807) is 4.90 Å². The lowest BCUT2D eigenvalue weighted by Gasteiger charge is -2.28. The van der Waals surface area contributed by atoms with Crippen LogP contribution in [-0.2, 0) is 11.3 Å². The van der Waals surface area contributed by atoms with Gasteiger partial charge in [-0.15, -0.1) is 0 Å². The predicted molar refractivity (Wildman–Crippen MR) is 77.6 cm³/mol. The molecule has 1 aromatic carbocycles. The predicted octanol–water partition coefficient (Wildman–Crippen LogP) is 2.11. The van der Waals surface area contributed by atoms with Gasteiger partial charge in [0.25, 0.3) is 0 Å². The first kappa shape index (κ1) is 13.6. The summed E-state index contributed by atoms with van der Waals surface area (Å²) in [7, 11) is 1.82. The van der Waals surface area contributed by atoms with Gasteiger partial charge < -0.3 is 15.6 Å². The first-order chi connectivity index (χ1) is 8.95. The molecule has 0 aliphatic carbocycles. The lowest BCUT2D eigenvalue weighted by Crippen LogP contribution is -2.42. The number of hydrogen-bond donors (Lipinski definition) is 2. The van der Waals surface area contributed by atoms with Crippen LogP contribution in [0.3, 0.4) is 0 Å². The summed E-state index contributed by atoms with van der Waals surface area (Å²) in [6, 6.07) is 8.10. The number of nitrogens with zero attached hydrogens (tertiary/aromatic N) is 1. The molecule has 0 atom stereocenters. The lowest BCUT2D eigenvalue weighted by molar-refractivity contribution is -0.139. The fraction of sp³-hybridized carbons (Fsp3) is 0.400. The number of nitrogens with one attached hydrogen (secondary N) is 1. The molecule has 1 aromatic heterocycles. The van der Waals surface area contributed by atoms with Crippen molar-refractivity contribution in [2.45, 2.75) is 20.4 Å². The first-order valence-corrected chi connectivity index (χ1v) is 6.46. The summed E-state index contributed by atoms with van der Waals surface area (Å²) < 4.78 is 0. The number of H-pyrrole nitrogens is 1. The first-order valence-electron chi connectivity index (χ1n) is 6.46. The number of carbonyl (C=O) groups is 1. The highest BCUT2D eigenvalue weighted by molar-refractivity contribution is 5.85. The smallest absolute Gasteiger partial charge is 0.229 e. The number of aromatic nitrogens is 1. The van der Waals surface area contributed by atoms with Gasteiger partial charge in [-0.05, 0) is 25.5 Å². The summed E-state index contributed by atoms with van der Waals surface area (Å²) in [6.45, 7) is 4.69. The lowest BCUT2D eigenvalue weighted by atomic mass is 9.92. The van der Waals surface area contributed by atoms with Crippen LogP contribution in [0.2, 0.25) is 0 Å². The molecule has 4 nitrogen and oxygen atoms in total. The number of benzene rings is 1. The standard InChI is InChI=1S/C15H21N3O/c1-15(2,10-16)14(19)18(3)9-11-8-17-13-7-5-4-6-12(11)13/h4-8,17H,9-10,16H2,1-3H3. The van der Waals surface area contributed by atoms with Gasteiger partial charge in [-0.3, -0.25) is 4.79 Å². The Hall–Kier alpha value is -1.81. The summed E-state index contributed by atoms with van der Waals surface area (Å²) in [5.41, 5.74) is 7.36. The van der Waals surface area contributed by atoms with Crippen LogP contribution in [-0.4, -0.2) is 29.4 Å². The van der Waals surface area contributed by atoms with Gasteiger partial charge in [0, 0.05) is 37.2 Å². The van der Waals surface area contributed by atoms with Gasteiger partial charge in [-0.2, -0.15) is 0 Å². The highest BCUT2D eigenvalue weighted by Crippen LogP contribution is 2.22. The normalized spacial score (nSPS) is 11.8. The van der Waals surface area contributed by atoms with Gasteiger partial charge in [-0.1, -0.05) is 18.2 Å². The van der Waals surface area contributed by atoms with E-state index in [9.17, 15) is 4.79 Å². The average molecular weight is 259 g/mol. The maximum Gasteiger partial charge on any atom is 0.229 e. The molecule has 0 radical (unpaired) electrons. The molecule has 0 aliphatic rings. The maximum atomic E-state index is 12.3. The van der Waals surface area contributed by atoms with Crippen molar-refractivity contribution in [2.75, 3.05) is 13.6 Å². The maximum absolute atomic E-state index is 12.3. The van der Waals surface area contributed by atoms with Crippen molar-refractivity contribution < 1.29 is 4.79 Å². The van der Waals surface area contributed by atoms with Gasteiger partial charge in [0.1, 0.15) is 0 Å². The topological polar surface area (TPSA) is 62.1 Å². The van der Waals surface area contributed by atoms with E-state index in [2.05, 4.69) is 11.1 Å². The zero-order valence-corrected chi connectivity index (χ0v) is 11.7. The van der Waals surface area contributed by atoms with E-state index >= 15 is 0 Å². The monoisotopic (exact) mass is 259 g/mol. The summed E-state index contributed by atoms with van der Waals surface area (Å²) >= 11 is 0. The number of rotatable bonds is 4. The number of carbonyl (C=O) groups excluding carboxylic acids is 1. The molecule has 1 amide bonds. The van der Waals surface area contributed by atoms with Crippen molar-refractivity contribution >= 4 is 16.8 Å². The largest absolute Gasteiger partial charge is 0.361 e. The van der Waals surface area contributed by atoms with Crippen LogP contribution in [0.1, 0.15) is 19.4 Å². The minimum atomic E-state index is -0.513. The van der Waals surface area contributed by atoms with Gasteiger partial charge in [0.2, 0.25) is 5.91 Å². The molecule has 0 saturated carbocycles. The SMILES string of the molecule is CN(Cc1c[nH]c2ccccc12)C(=O)C(C)(C)CN. The van der Waals surface area contributed by atoms with E-state index in [0.717, 1.165) is 16.5 Å². The highest BCUT2D eigenvalue weighted by Gasteiger charge is 2.29. The fourth-order valence-corrected chi connectivity index (χ4v) is 2.19. The Bertz CT molecular complexity index is 586. The molecule has 0 aliphatic heterocycles. The van der Waals surface area contributed by atoms with Crippen molar-refractivity contribution in [1.29, 1.82) is 0 Å². The molecule has 0 spiro atoms. The summed E-state index contributed by atoms with van der Waals surface area (Å²) in [5, 5.41) is 1.16. The summed E-state index contributed by atoms with van der Waals surface area (Å²) in [6.07, 6.45) is 1.96. The Morgan fingerprint density at radius 1 is 1.37 bits per heavy atom. The Morgan fingerprint density at radius 2 is 2.05 bits per heavy atom. The van der Waals surface area contributed by atoms with E-state index in [-0.39, 0.29) is 5.91 Å². The van der Waals surface area contributed by atoms with Crippen molar-refractivity contribution in [1.82, 2.24) is 9.88 Å². The molecule has 2 rings (SSSR count). The number of hydrogen-bond acceptors (Lipinski definition) is 2. The van der Waals surface area contributed by atoms with Crippen molar-refractivity contribution in [3.63, 3.8) is 0 Å². The van der Waals surface area contributed by atoms with Gasteiger partial charge in [0.05, 0.1) is 5.41 Å². The van der Waals surface area contributed by atoms with Crippen LogP contribution in [0, 0.1) is 5.41 Å². The van der Waals surface area contributed by atoms with Crippen LogP contribution in [0.25, 0.3) is 10.9 Å². The number of aromatic amines is 1. The Morgan fingerprint density at radius 3 is 2.74 bits per heavy atom. The third-order valence-electron chi connectivity index (χ3n) is 3.52. The van der Waals surface area contributed by atoms with Crippen LogP contribution >= 0.6 is 0 Å². The van der Waals surface area contributed by atoms with E-state index < -0.39 is 5.41 Å². The Kier molecular flexibility index (Phi) is 3.62. The van der Waals surface area contributed by atoms with Crippen molar-refractivity contribution in [3.8, 4) is 0 Å². The summed E-state index contributed by atoms with van der Waals surface area (Å²) in [4.78, 5) is 17.3. The third-order valence-corrected chi connectivity index (χ3v) is 3.52. The highest BCUT2D eigenvalue weighted by atomic mass is 16.2. The zero-order chi connectivity index (χ0) is 14.0. The van der Waals surface area contributed by atoms with Crippen LogP contribution in [0.15, 0.2) is 30.5 Å². The Balaban J connectivity index is 2.19. The minimum absolute atomic E-state index is 0.0697. The molecule has 19 heavy (non-hydrogen) atoms. The molecule has 0 bridgehead atoms. The van der Waals surface area contributed by atoms with E-state index in [1.165, 1.54) is 0 Å². The zero-order valence-electron chi connectivity index (χ0n) is 11.7. The molecule has 102 valence electrons. The number of para-hydroxylation sites is 1. The van der Waals surface area contributed by atoms with E-state index in [1.807, 2.05) is 45.3 Å². The number of nitrogens with two attached hydrogens (primary N) is 1. The van der Waals surface area contributed by atoms with Crippen molar-refractivity contribution in [2.24, 2.45) is 11.1 Å². The van der Waals surface area contributed by atoms with Crippen LogP contribution < -0.4 is 5.73 Å². The Labute approximate surface area is 113 Å². The van der Waals surface area contributed by atoms with E-state index in [0.29, 0.717) is 13.1 Å². The third kappa shape index (κ3) is 2.63. The molecular formula is C15H21N3O. The second-order valence-electron chi connectivity index (χ2n) is 5.61. The second-order valence-corrected chi connectivity index (χ2v) is 5.61. The molecule has 2 aromatic rings. The molecule has 1 heterocycles. The molecule has 0 saturated heterocycles. The van der Waals surface area contributed by atoms with Crippen LogP contribution in [0.4, 0.5) is 0 Å². The van der Waals surface area contributed by atoms with E-state index in [4.69, 9.17) is 5.73 Å².